The van der Waals surface area contributed by atoms with Gasteiger partial charge in [0.2, 0.25) is 0 Å². The van der Waals surface area contributed by atoms with Crippen LogP contribution in [0.2, 0.25) is 0 Å². The van der Waals surface area contributed by atoms with E-state index in [0.29, 0.717) is 9.38 Å². The summed E-state index contributed by atoms with van der Waals surface area (Å²) in [4.78, 5) is 12.8. The largest absolute Gasteiger partial charge is 0.507 e. The van der Waals surface area contributed by atoms with E-state index in [9.17, 15) is 9.90 Å². The third-order valence-corrected chi connectivity index (χ3v) is 5.32. The monoisotopic (exact) mass is 404 g/mol. The number of carbonyl (C=O) groups excluding carboxylic acids is 1. The Balaban J connectivity index is 1.70. The van der Waals surface area contributed by atoms with Crippen molar-refractivity contribution in [1.29, 1.82) is 0 Å². The van der Waals surface area contributed by atoms with Gasteiger partial charge in [-0.15, -0.1) is 0 Å². The number of anilines is 1. The first-order valence-electron chi connectivity index (χ1n) is 7.58. The predicted molar refractivity (Wildman–Crippen MR) is 103 cm³/mol. The van der Waals surface area contributed by atoms with Crippen LogP contribution >= 0.6 is 27.7 Å². The van der Waals surface area contributed by atoms with Crippen LogP contribution in [0.15, 0.2) is 51.8 Å². The van der Waals surface area contributed by atoms with Crippen LogP contribution < -0.4 is 10.6 Å². The second kappa shape index (κ2) is 7.32. The molecule has 3 rings (SSSR count). The molecular formula is C18H17BrN2O2S. The van der Waals surface area contributed by atoms with E-state index in [1.165, 1.54) is 17.3 Å². The lowest BCUT2D eigenvalue weighted by molar-refractivity contribution is -0.116. The molecule has 124 valence electrons. The highest BCUT2D eigenvalue weighted by Crippen LogP contribution is 2.32. The molecule has 0 bridgehead atoms. The molecular weight excluding hydrogens is 388 g/mol. The van der Waals surface area contributed by atoms with Gasteiger partial charge in [0.15, 0.2) is 5.50 Å². The van der Waals surface area contributed by atoms with Crippen molar-refractivity contribution in [2.24, 2.45) is 0 Å². The first-order chi connectivity index (χ1) is 11.5. The van der Waals surface area contributed by atoms with Crippen LogP contribution in [-0.4, -0.2) is 16.5 Å². The van der Waals surface area contributed by atoms with Gasteiger partial charge in [0.1, 0.15) is 5.75 Å². The highest BCUT2D eigenvalue weighted by atomic mass is 79.9. The summed E-state index contributed by atoms with van der Waals surface area (Å²) in [6, 6.07) is 13.3. The molecule has 1 atom stereocenters. The number of aromatic hydroxyl groups is 1. The molecule has 0 saturated carbocycles. The minimum atomic E-state index is -0.197. The maximum absolute atomic E-state index is 12.1. The number of benzene rings is 2. The molecule has 1 aliphatic rings. The maximum Gasteiger partial charge on any atom is 0.260 e. The van der Waals surface area contributed by atoms with Crippen LogP contribution in [0.25, 0.3) is 6.08 Å². The lowest BCUT2D eigenvalue weighted by Crippen LogP contribution is -2.30. The molecule has 3 N–H and O–H groups in total. The zero-order valence-electron chi connectivity index (χ0n) is 13.0. The average Bonchev–Trinajstić information content (AvgIpc) is 2.91. The van der Waals surface area contributed by atoms with Gasteiger partial charge < -0.3 is 15.7 Å². The zero-order valence-corrected chi connectivity index (χ0v) is 15.4. The van der Waals surface area contributed by atoms with Gasteiger partial charge in [-0.2, -0.15) is 0 Å². The van der Waals surface area contributed by atoms with Crippen molar-refractivity contribution in [3.63, 3.8) is 0 Å². The Morgan fingerprint density at radius 2 is 2.04 bits per heavy atom. The molecule has 1 saturated heterocycles. The van der Waals surface area contributed by atoms with Gasteiger partial charge in [-0.05, 0) is 63.8 Å². The smallest absolute Gasteiger partial charge is 0.260 e. The summed E-state index contributed by atoms with van der Waals surface area (Å²) in [7, 11) is 0. The van der Waals surface area contributed by atoms with Crippen LogP contribution in [0.4, 0.5) is 5.69 Å². The SMILES string of the molecule is CCc1ccc(NC2NC(=O)C(=Cc3ccc(O)c(Br)c3)S2)cc1. The van der Waals surface area contributed by atoms with E-state index < -0.39 is 0 Å². The van der Waals surface area contributed by atoms with Gasteiger partial charge in [-0.3, -0.25) is 4.79 Å². The van der Waals surface area contributed by atoms with Gasteiger partial charge in [0, 0.05) is 5.69 Å². The number of amides is 1. The summed E-state index contributed by atoms with van der Waals surface area (Å²) in [5, 5.41) is 15.7. The highest BCUT2D eigenvalue weighted by molar-refractivity contribution is 9.10. The molecule has 1 amide bonds. The summed E-state index contributed by atoms with van der Waals surface area (Å²) in [6.45, 7) is 2.12. The summed E-state index contributed by atoms with van der Waals surface area (Å²) < 4.78 is 0.603. The summed E-state index contributed by atoms with van der Waals surface area (Å²) in [6.07, 6.45) is 2.82. The van der Waals surface area contributed by atoms with Crippen molar-refractivity contribution in [2.45, 2.75) is 18.8 Å². The minimum absolute atomic E-state index is 0.105. The van der Waals surface area contributed by atoms with E-state index in [-0.39, 0.29) is 17.2 Å². The van der Waals surface area contributed by atoms with Crippen molar-refractivity contribution in [3.8, 4) is 5.75 Å². The number of halogens is 1. The van der Waals surface area contributed by atoms with Crippen molar-refractivity contribution >= 4 is 45.4 Å². The van der Waals surface area contributed by atoms with Gasteiger partial charge >= 0.3 is 0 Å². The fraction of sp³-hybridized carbons (Fsp3) is 0.167. The highest BCUT2D eigenvalue weighted by Gasteiger charge is 2.27. The molecule has 1 unspecified atom stereocenters. The van der Waals surface area contributed by atoms with E-state index >= 15 is 0 Å². The fourth-order valence-corrected chi connectivity index (χ4v) is 3.70. The Bertz CT molecular complexity index is 790. The van der Waals surface area contributed by atoms with Gasteiger partial charge in [-0.1, -0.05) is 36.9 Å². The van der Waals surface area contributed by atoms with Crippen LogP contribution in [0.3, 0.4) is 0 Å². The Morgan fingerprint density at radius 3 is 2.71 bits per heavy atom. The topological polar surface area (TPSA) is 61.4 Å². The first-order valence-corrected chi connectivity index (χ1v) is 9.25. The van der Waals surface area contributed by atoms with Crippen molar-refractivity contribution < 1.29 is 9.90 Å². The second-order valence-electron chi connectivity index (χ2n) is 5.39. The molecule has 0 radical (unpaired) electrons. The summed E-state index contributed by atoms with van der Waals surface area (Å²) >= 11 is 4.72. The molecule has 24 heavy (non-hydrogen) atoms. The standard InChI is InChI=1S/C18H17BrN2O2S/c1-2-11-3-6-13(7-4-11)20-18-21-17(23)16(24-18)10-12-5-8-15(22)14(19)9-12/h3-10,18,20,22H,2H2,1H3,(H,21,23). The van der Waals surface area contributed by atoms with Crippen molar-refractivity contribution in [1.82, 2.24) is 5.32 Å². The molecule has 0 aromatic heterocycles. The van der Waals surface area contributed by atoms with E-state index in [1.807, 2.05) is 18.2 Å². The minimum Gasteiger partial charge on any atom is -0.507 e. The predicted octanol–water partition coefficient (Wildman–Crippen LogP) is 4.32. The number of thioether (sulfide) groups is 1. The quantitative estimate of drug-likeness (QED) is 0.664. The molecule has 1 aliphatic heterocycles. The number of phenolic OH excluding ortho intramolecular Hbond substituents is 1. The lowest BCUT2D eigenvalue weighted by atomic mass is 10.1. The fourth-order valence-electron chi connectivity index (χ4n) is 2.32. The number of nitrogens with one attached hydrogen (secondary N) is 2. The van der Waals surface area contributed by atoms with E-state index in [2.05, 4.69) is 45.6 Å². The van der Waals surface area contributed by atoms with E-state index in [0.717, 1.165) is 17.7 Å². The Labute approximate surface area is 153 Å². The molecule has 2 aromatic carbocycles. The van der Waals surface area contributed by atoms with Crippen molar-refractivity contribution in [2.75, 3.05) is 5.32 Å². The number of hydrogen-bond donors (Lipinski definition) is 3. The van der Waals surface area contributed by atoms with Crippen molar-refractivity contribution in [3.05, 3.63) is 63.0 Å². The third kappa shape index (κ3) is 3.94. The number of hydrogen-bond acceptors (Lipinski definition) is 4. The van der Waals surface area contributed by atoms with Crippen LogP contribution in [0.5, 0.6) is 5.75 Å². The average molecular weight is 405 g/mol. The second-order valence-corrected chi connectivity index (χ2v) is 7.39. The first kappa shape index (κ1) is 16.9. The Hall–Kier alpha value is -1.92. The lowest BCUT2D eigenvalue weighted by Gasteiger charge is -2.12. The third-order valence-electron chi connectivity index (χ3n) is 3.66. The van der Waals surface area contributed by atoms with E-state index in [4.69, 9.17) is 0 Å². The number of aryl methyl sites for hydroxylation is 1. The number of phenols is 1. The Kier molecular flexibility index (Phi) is 5.16. The molecule has 1 heterocycles. The molecule has 4 nitrogen and oxygen atoms in total. The Morgan fingerprint density at radius 1 is 1.29 bits per heavy atom. The number of carbonyl (C=O) groups is 1. The van der Waals surface area contributed by atoms with Crippen LogP contribution in [-0.2, 0) is 11.2 Å². The molecule has 2 aromatic rings. The molecule has 1 fully saturated rings. The molecule has 0 spiro atoms. The van der Waals surface area contributed by atoms with Crippen LogP contribution in [0, 0.1) is 0 Å². The zero-order chi connectivity index (χ0) is 17.1. The van der Waals surface area contributed by atoms with Gasteiger partial charge in [-0.25, -0.2) is 0 Å². The molecule has 0 aliphatic carbocycles. The molecule has 6 heteroatoms. The maximum atomic E-state index is 12.1. The van der Waals surface area contributed by atoms with Gasteiger partial charge in [0.25, 0.3) is 5.91 Å². The normalized spacial score (nSPS) is 18.7. The number of rotatable bonds is 4. The van der Waals surface area contributed by atoms with E-state index in [1.54, 1.807) is 18.2 Å². The summed E-state index contributed by atoms with van der Waals surface area (Å²) in [5.74, 6) is 0.0719. The van der Waals surface area contributed by atoms with Gasteiger partial charge in [0.05, 0.1) is 9.38 Å². The van der Waals surface area contributed by atoms with Crippen LogP contribution in [0.1, 0.15) is 18.1 Å². The summed E-state index contributed by atoms with van der Waals surface area (Å²) in [5.41, 5.74) is 2.91.